The molecule has 1 aliphatic rings. The van der Waals surface area contributed by atoms with Gasteiger partial charge < -0.3 is 10.9 Å². The summed E-state index contributed by atoms with van der Waals surface area (Å²) in [6.45, 7) is 3.35. The average Bonchev–Trinajstić information content (AvgIpc) is 2.46. The molecule has 19 heavy (non-hydrogen) atoms. The number of piperidine rings is 1. The van der Waals surface area contributed by atoms with Gasteiger partial charge in [0.2, 0.25) is 0 Å². The summed E-state index contributed by atoms with van der Waals surface area (Å²) in [6.07, 6.45) is 4.32. The number of nitrogens with zero attached hydrogens (tertiary/aromatic N) is 2. The summed E-state index contributed by atoms with van der Waals surface area (Å²) in [7, 11) is 0. The van der Waals surface area contributed by atoms with Crippen LogP contribution in [0.1, 0.15) is 44.2 Å². The van der Waals surface area contributed by atoms with Crippen LogP contribution >= 0.6 is 0 Å². The van der Waals surface area contributed by atoms with E-state index in [1.165, 1.54) is 24.8 Å². The number of likely N-dealkylation sites (tertiary alicyclic amines) is 1. The van der Waals surface area contributed by atoms with Crippen molar-refractivity contribution in [2.24, 2.45) is 10.9 Å². The SMILES string of the molecule is CC1CCCCN1C(CC(N)=NO)c1ccccc1. The van der Waals surface area contributed by atoms with E-state index in [4.69, 9.17) is 10.9 Å². The van der Waals surface area contributed by atoms with E-state index in [0.717, 1.165) is 6.54 Å². The van der Waals surface area contributed by atoms with Crippen molar-refractivity contribution in [3.05, 3.63) is 35.9 Å². The van der Waals surface area contributed by atoms with Crippen molar-refractivity contribution in [1.82, 2.24) is 4.90 Å². The minimum Gasteiger partial charge on any atom is -0.409 e. The molecule has 2 rings (SSSR count). The van der Waals surface area contributed by atoms with E-state index in [0.29, 0.717) is 18.3 Å². The third-order valence-corrected chi connectivity index (χ3v) is 3.97. The van der Waals surface area contributed by atoms with Crippen molar-refractivity contribution in [3.63, 3.8) is 0 Å². The second kappa shape index (κ2) is 6.57. The summed E-state index contributed by atoms with van der Waals surface area (Å²) >= 11 is 0. The van der Waals surface area contributed by atoms with E-state index in [1.54, 1.807) is 0 Å². The first-order valence-corrected chi connectivity index (χ1v) is 6.99. The normalized spacial score (nSPS) is 23.2. The zero-order valence-corrected chi connectivity index (χ0v) is 11.5. The highest BCUT2D eigenvalue weighted by atomic mass is 16.4. The highest BCUT2D eigenvalue weighted by molar-refractivity contribution is 5.80. The second-order valence-corrected chi connectivity index (χ2v) is 5.30. The van der Waals surface area contributed by atoms with Crippen LogP contribution in [0.3, 0.4) is 0 Å². The molecule has 0 aliphatic carbocycles. The van der Waals surface area contributed by atoms with Gasteiger partial charge in [-0.2, -0.15) is 0 Å². The molecule has 0 radical (unpaired) electrons. The molecule has 104 valence electrons. The first-order valence-electron chi connectivity index (χ1n) is 6.99. The lowest BCUT2D eigenvalue weighted by molar-refractivity contribution is 0.107. The predicted octanol–water partition coefficient (Wildman–Crippen LogP) is 2.74. The summed E-state index contributed by atoms with van der Waals surface area (Å²) in [5.74, 6) is 0.298. The Balaban J connectivity index is 2.23. The molecule has 1 fully saturated rings. The molecule has 1 aromatic rings. The van der Waals surface area contributed by atoms with Gasteiger partial charge in [-0.15, -0.1) is 0 Å². The smallest absolute Gasteiger partial charge is 0.141 e. The van der Waals surface area contributed by atoms with Gasteiger partial charge in [-0.3, -0.25) is 4.90 Å². The van der Waals surface area contributed by atoms with Gasteiger partial charge in [0.15, 0.2) is 0 Å². The van der Waals surface area contributed by atoms with Crippen molar-refractivity contribution >= 4 is 5.84 Å². The van der Waals surface area contributed by atoms with Crippen molar-refractivity contribution in [1.29, 1.82) is 0 Å². The van der Waals surface area contributed by atoms with Gasteiger partial charge in [0.25, 0.3) is 0 Å². The lowest BCUT2D eigenvalue weighted by atomic mass is 9.95. The lowest BCUT2D eigenvalue weighted by Gasteiger charge is -2.39. The molecule has 1 saturated heterocycles. The van der Waals surface area contributed by atoms with Crippen LogP contribution in [0.15, 0.2) is 35.5 Å². The van der Waals surface area contributed by atoms with E-state index in [-0.39, 0.29) is 6.04 Å². The van der Waals surface area contributed by atoms with Crippen LogP contribution in [0.4, 0.5) is 0 Å². The van der Waals surface area contributed by atoms with Crippen LogP contribution in [0.25, 0.3) is 0 Å². The van der Waals surface area contributed by atoms with E-state index in [9.17, 15) is 0 Å². The van der Waals surface area contributed by atoms with Crippen LogP contribution < -0.4 is 5.73 Å². The van der Waals surface area contributed by atoms with Gasteiger partial charge in [0, 0.05) is 18.5 Å². The Morgan fingerprint density at radius 2 is 2.16 bits per heavy atom. The molecule has 0 spiro atoms. The highest BCUT2D eigenvalue weighted by Crippen LogP contribution is 2.30. The molecule has 3 N–H and O–H groups in total. The topological polar surface area (TPSA) is 61.8 Å². The highest BCUT2D eigenvalue weighted by Gasteiger charge is 2.27. The summed E-state index contributed by atoms with van der Waals surface area (Å²) in [4.78, 5) is 2.48. The maximum Gasteiger partial charge on any atom is 0.141 e. The molecule has 1 aliphatic heterocycles. The Kier molecular flexibility index (Phi) is 4.80. The summed E-state index contributed by atoms with van der Waals surface area (Å²) < 4.78 is 0. The fourth-order valence-electron chi connectivity index (χ4n) is 2.92. The molecule has 1 heterocycles. The average molecular weight is 261 g/mol. The monoisotopic (exact) mass is 261 g/mol. The maximum atomic E-state index is 8.84. The molecule has 0 aromatic heterocycles. The largest absolute Gasteiger partial charge is 0.409 e. The Hall–Kier alpha value is -1.55. The van der Waals surface area contributed by atoms with Crippen molar-refractivity contribution in [2.75, 3.05) is 6.54 Å². The van der Waals surface area contributed by atoms with Gasteiger partial charge >= 0.3 is 0 Å². The molecular weight excluding hydrogens is 238 g/mol. The molecular formula is C15H23N3O. The van der Waals surface area contributed by atoms with E-state index in [2.05, 4.69) is 29.1 Å². The van der Waals surface area contributed by atoms with Crippen LogP contribution in [-0.4, -0.2) is 28.5 Å². The predicted molar refractivity (Wildman–Crippen MR) is 77.2 cm³/mol. The Labute approximate surface area is 114 Å². The zero-order valence-electron chi connectivity index (χ0n) is 11.5. The number of hydrogen-bond donors (Lipinski definition) is 2. The second-order valence-electron chi connectivity index (χ2n) is 5.30. The number of benzene rings is 1. The van der Waals surface area contributed by atoms with Crippen LogP contribution in [0.5, 0.6) is 0 Å². The number of hydrogen-bond acceptors (Lipinski definition) is 3. The van der Waals surface area contributed by atoms with Crippen molar-refractivity contribution in [3.8, 4) is 0 Å². The molecule has 0 bridgehead atoms. The van der Waals surface area contributed by atoms with Crippen LogP contribution in [-0.2, 0) is 0 Å². The number of nitrogens with two attached hydrogens (primary N) is 1. The zero-order chi connectivity index (χ0) is 13.7. The van der Waals surface area contributed by atoms with E-state index < -0.39 is 0 Å². The summed E-state index contributed by atoms with van der Waals surface area (Å²) in [5, 5.41) is 12.0. The molecule has 1 aromatic carbocycles. The quantitative estimate of drug-likeness (QED) is 0.379. The molecule has 0 amide bonds. The first kappa shape index (κ1) is 13.9. The Morgan fingerprint density at radius 1 is 1.42 bits per heavy atom. The summed E-state index contributed by atoms with van der Waals surface area (Å²) in [6, 6.07) is 11.1. The van der Waals surface area contributed by atoms with Gasteiger partial charge in [-0.05, 0) is 31.9 Å². The fraction of sp³-hybridized carbons (Fsp3) is 0.533. The van der Waals surface area contributed by atoms with Crippen molar-refractivity contribution in [2.45, 2.75) is 44.7 Å². The van der Waals surface area contributed by atoms with Gasteiger partial charge in [0.05, 0.1) is 0 Å². The molecule has 4 heteroatoms. The molecule has 2 unspecified atom stereocenters. The fourth-order valence-corrected chi connectivity index (χ4v) is 2.92. The first-order chi connectivity index (χ1) is 9.22. The lowest BCUT2D eigenvalue weighted by Crippen LogP contribution is -2.41. The number of rotatable bonds is 4. The van der Waals surface area contributed by atoms with Gasteiger partial charge in [-0.1, -0.05) is 41.9 Å². The van der Waals surface area contributed by atoms with Crippen LogP contribution in [0, 0.1) is 0 Å². The third kappa shape index (κ3) is 3.47. The third-order valence-electron chi connectivity index (χ3n) is 3.97. The van der Waals surface area contributed by atoms with Crippen molar-refractivity contribution < 1.29 is 5.21 Å². The van der Waals surface area contributed by atoms with Gasteiger partial charge in [-0.25, -0.2) is 0 Å². The maximum absolute atomic E-state index is 8.84. The standard InChI is InChI=1S/C15H23N3O/c1-12-7-5-6-10-18(12)14(11-15(16)17-19)13-8-3-2-4-9-13/h2-4,8-9,12,14,19H,5-7,10-11H2,1H3,(H2,16,17). The number of amidine groups is 1. The van der Waals surface area contributed by atoms with E-state index >= 15 is 0 Å². The van der Waals surface area contributed by atoms with E-state index in [1.807, 2.05) is 18.2 Å². The minimum atomic E-state index is 0.201. The Bertz CT molecular complexity index is 419. The van der Waals surface area contributed by atoms with Crippen LogP contribution in [0.2, 0.25) is 0 Å². The van der Waals surface area contributed by atoms with Gasteiger partial charge in [0.1, 0.15) is 5.84 Å². The Morgan fingerprint density at radius 3 is 2.79 bits per heavy atom. The molecule has 2 atom stereocenters. The summed E-state index contributed by atoms with van der Waals surface area (Å²) in [5.41, 5.74) is 6.98. The number of oxime groups is 1. The molecule has 4 nitrogen and oxygen atoms in total. The minimum absolute atomic E-state index is 0.201. The molecule has 0 saturated carbocycles.